The number of pyridine rings is 2. The molecular formula is C19H17N5O2S. The van der Waals surface area contributed by atoms with Gasteiger partial charge >= 0.3 is 0 Å². The summed E-state index contributed by atoms with van der Waals surface area (Å²) < 4.78 is 5.25. The van der Waals surface area contributed by atoms with Crippen LogP contribution in [0.2, 0.25) is 0 Å². The molecule has 0 radical (unpaired) electrons. The molecule has 3 aromatic heterocycles. The topological polar surface area (TPSA) is 106 Å². The molecule has 4 heterocycles. The van der Waals surface area contributed by atoms with Crippen LogP contribution in [0.1, 0.15) is 29.5 Å². The zero-order valence-corrected chi connectivity index (χ0v) is 15.4. The average molecular weight is 379 g/mol. The summed E-state index contributed by atoms with van der Waals surface area (Å²) in [5.74, 6) is -0.313. The van der Waals surface area contributed by atoms with E-state index in [2.05, 4.69) is 26.9 Å². The molecule has 0 unspecified atom stereocenters. The molecule has 8 heteroatoms. The second kappa shape index (κ2) is 6.55. The highest BCUT2D eigenvalue weighted by molar-refractivity contribution is 8.17. The molecular weight excluding hydrogens is 362 g/mol. The number of amidine groups is 1. The highest BCUT2D eigenvalue weighted by atomic mass is 32.2. The van der Waals surface area contributed by atoms with Gasteiger partial charge in [-0.25, -0.2) is 9.98 Å². The summed E-state index contributed by atoms with van der Waals surface area (Å²) in [6.07, 6.45) is 5.36. The minimum absolute atomic E-state index is 0.304. The molecule has 7 nitrogen and oxygen atoms in total. The number of nitrogens with zero attached hydrogens (tertiary/aromatic N) is 3. The van der Waals surface area contributed by atoms with Crippen molar-refractivity contribution in [2.45, 2.75) is 18.9 Å². The lowest BCUT2D eigenvalue weighted by Gasteiger charge is -2.30. The zero-order valence-electron chi connectivity index (χ0n) is 14.6. The van der Waals surface area contributed by atoms with Gasteiger partial charge in [-0.1, -0.05) is 18.3 Å². The number of aliphatic imine (C=N–C) groups is 1. The maximum Gasteiger partial charge on any atom is 0.274 e. The highest BCUT2D eigenvalue weighted by Gasteiger charge is 2.33. The molecule has 3 N–H and O–H groups in total. The Bertz CT molecular complexity index is 1090. The van der Waals surface area contributed by atoms with Crippen LogP contribution in [0, 0.1) is 0 Å². The van der Waals surface area contributed by atoms with Crippen LogP contribution < -0.4 is 11.1 Å². The van der Waals surface area contributed by atoms with Gasteiger partial charge in [-0.3, -0.25) is 9.78 Å². The standard InChI is InChI=1S/C19H17N5O2S/c1-11-9-19(2,24-18(20)27-11)16-8-13(3-5-21-16)23-17(25)14-7-12-4-6-26-15(12)10-22-14/h3-8,10H,1,9H2,2H3,(H2,20,24)(H,21,23,25)/t19-/m0/s1. The third kappa shape index (κ3) is 3.43. The number of nitrogens with one attached hydrogen (secondary N) is 1. The minimum Gasteiger partial charge on any atom is -0.463 e. The van der Waals surface area contributed by atoms with Crippen molar-refractivity contribution < 1.29 is 9.21 Å². The number of amides is 1. The normalized spacial score (nSPS) is 19.7. The van der Waals surface area contributed by atoms with Crippen LogP contribution in [0.25, 0.3) is 11.0 Å². The second-order valence-electron chi connectivity index (χ2n) is 6.45. The molecule has 0 aliphatic carbocycles. The Balaban J connectivity index is 1.60. The molecule has 4 rings (SSSR count). The van der Waals surface area contributed by atoms with Gasteiger partial charge in [0, 0.05) is 23.7 Å². The van der Waals surface area contributed by atoms with Crippen LogP contribution in [0.5, 0.6) is 0 Å². The van der Waals surface area contributed by atoms with Crippen LogP contribution in [0.15, 0.2) is 63.8 Å². The number of anilines is 1. The number of thioether (sulfide) groups is 1. The molecule has 27 heavy (non-hydrogen) atoms. The fourth-order valence-corrected chi connectivity index (χ4v) is 3.91. The molecule has 0 saturated carbocycles. The number of rotatable bonds is 3. The fourth-order valence-electron chi connectivity index (χ4n) is 3.01. The lowest BCUT2D eigenvalue weighted by atomic mass is 9.93. The van der Waals surface area contributed by atoms with Crippen molar-refractivity contribution in [1.82, 2.24) is 9.97 Å². The Morgan fingerprint density at radius 3 is 3.04 bits per heavy atom. The van der Waals surface area contributed by atoms with Gasteiger partial charge in [-0.05, 0) is 36.1 Å². The van der Waals surface area contributed by atoms with Crippen LogP contribution in [0.3, 0.4) is 0 Å². The predicted molar refractivity (Wildman–Crippen MR) is 107 cm³/mol. The Morgan fingerprint density at radius 1 is 1.37 bits per heavy atom. The van der Waals surface area contributed by atoms with E-state index in [9.17, 15) is 4.79 Å². The first kappa shape index (κ1) is 17.3. The average Bonchev–Trinajstić information content (AvgIpc) is 3.08. The van der Waals surface area contributed by atoms with Crippen molar-refractivity contribution in [1.29, 1.82) is 0 Å². The fraction of sp³-hybridized carbons (Fsp3) is 0.158. The van der Waals surface area contributed by atoms with Crippen LogP contribution in [0.4, 0.5) is 5.69 Å². The van der Waals surface area contributed by atoms with Gasteiger partial charge in [0.2, 0.25) is 0 Å². The number of nitrogens with two attached hydrogens (primary N) is 1. The smallest absolute Gasteiger partial charge is 0.274 e. The van der Waals surface area contributed by atoms with Gasteiger partial charge < -0.3 is 15.5 Å². The maximum absolute atomic E-state index is 12.6. The van der Waals surface area contributed by atoms with Crippen molar-refractivity contribution in [2.75, 3.05) is 5.32 Å². The van der Waals surface area contributed by atoms with E-state index < -0.39 is 5.54 Å². The van der Waals surface area contributed by atoms with E-state index in [0.29, 0.717) is 34.2 Å². The first-order valence-electron chi connectivity index (χ1n) is 8.25. The van der Waals surface area contributed by atoms with E-state index in [1.54, 1.807) is 36.7 Å². The molecule has 1 aliphatic rings. The second-order valence-corrected chi connectivity index (χ2v) is 7.65. The Labute approximate surface area is 159 Å². The molecule has 0 spiro atoms. The van der Waals surface area contributed by atoms with Crippen molar-refractivity contribution in [3.63, 3.8) is 0 Å². The summed E-state index contributed by atoms with van der Waals surface area (Å²) in [7, 11) is 0. The van der Waals surface area contributed by atoms with E-state index in [0.717, 1.165) is 10.3 Å². The van der Waals surface area contributed by atoms with Gasteiger partial charge in [0.1, 0.15) is 11.2 Å². The summed E-state index contributed by atoms with van der Waals surface area (Å²) in [4.78, 5) is 26.6. The van der Waals surface area contributed by atoms with Crippen molar-refractivity contribution in [3.05, 3.63) is 65.8 Å². The molecule has 1 aliphatic heterocycles. The predicted octanol–water partition coefficient (Wildman–Crippen LogP) is 3.66. The molecule has 0 fully saturated rings. The number of carbonyl (C=O) groups excluding carboxylic acids is 1. The first-order valence-corrected chi connectivity index (χ1v) is 9.07. The van der Waals surface area contributed by atoms with Gasteiger partial charge in [0.15, 0.2) is 10.8 Å². The number of aromatic nitrogens is 2. The van der Waals surface area contributed by atoms with E-state index in [4.69, 9.17) is 10.2 Å². The number of fused-ring (bicyclic) bond motifs is 1. The zero-order chi connectivity index (χ0) is 19.0. The highest BCUT2D eigenvalue weighted by Crippen LogP contribution is 2.39. The third-order valence-corrected chi connectivity index (χ3v) is 5.02. The summed E-state index contributed by atoms with van der Waals surface area (Å²) in [5.41, 5.74) is 7.56. The summed E-state index contributed by atoms with van der Waals surface area (Å²) >= 11 is 1.37. The molecule has 0 saturated heterocycles. The summed E-state index contributed by atoms with van der Waals surface area (Å²) in [6.45, 7) is 5.96. The van der Waals surface area contributed by atoms with Crippen molar-refractivity contribution in [3.8, 4) is 0 Å². The van der Waals surface area contributed by atoms with E-state index >= 15 is 0 Å². The maximum atomic E-state index is 12.6. The van der Waals surface area contributed by atoms with Crippen LogP contribution in [-0.2, 0) is 5.54 Å². The molecule has 3 aromatic rings. The van der Waals surface area contributed by atoms with Crippen LogP contribution in [-0.4, -0.2) is 21.0 Å². The van der Waals surface area contributed by atoms with Gasteiger partial charge in [-0.2, -0.15) is 0 Å². The third-order valence-electron chi connectivity index (χ3n) is 4.29. The lowest BCUT2D eigenvalue weighted by Crippen LogP contribution is -2.28. The van der Waals surface area contributed by atoms with E-state index in [1.165, 1.54) is 18.0 Å². The number of furan rings is 1. The van der Waals surface area contributed by atoms with Gasteiger partial charge in [0.25, 0.3) is 5.91 Å². The number of hydrogen-bond acceptors (Lipinski definition) is 7. The largest absolute Gasteiger partial charge is 0.463 e. The van der Waals surface area contributed by atoms with E-state index in [1.807, 2.05) is 6.92 Å². The Kier molecular flexibility index (Phi) is 4.19. The van der Waals surface area contributed by atoms with Crippen molar-refractivity contribution in [2.24, 2.45) is 10.7 Å². The quantitative estimate of drug-likeness (QED) is 0.719. The Morgan fingerprint density at radius 2 is 2.22 bits per heavy atom. The SMILES string of the molecule is C=C1C[C@@](C)(c2cc(NC(=O)c3cc4ccoc4cn3)ccn2)N=C(N)S1. The van der Waals surface area contributed by atoms with Crippen LogP contribution >= 0.6 is 11.8 Å². The van der Waals surface area contributed by atoms with Gasteiger partial charge in [-0.15, -0.1) is 0 Å². The lowest BCUT2D eigenvalue weighted by molar-refractivity contribution is 0.102. The molecule has 0 bridgehead atoms. The summed E-state index contributed by atoms with van der Waals surface area (Å²) in [5, 5.41) is 4.14. The molecule has 1 atom stereocenters. The molecule has 136 valence electrons. The van der Waals surface area contributed by atoms with Crippen molar-refractivity contribution >= 4 is 39.5 Å². The molecule has 1 amide bonds. The monoisotopic (exact) mass is 379 g/mol. The van der Waals surface area contributed by atoms with E-state index in [-0.39, 0.29) is 5.91 Å². The summed E-state index contributed by atoms with van der Waals surface area (Å²) in [6, 6.07) is 7.00. The Hall–Kier alpha value is -3.13. The van der Waals surface area contributed by atoms with Gasteiger partial charge in [0.05, 0.1) is 18.2 Å². The number of hydrogen-bond donors (Lipinski definition) is 2. The first-order chi connectivity index (χ1) is 12.9. The minimum atomic E-state index is -0.610. The number of carbonyl (C=O) groups is 1. The molecule has 0 aromatic carbocycles.